The Balaban J connectivity index is 0.00000578. The van der Waals surface area contributed by atoms with Gasteiger partial charge in [0.2, 0.25) is 0 Å². The molecule has 0 saturated carbocycles. The lowest BCUT2D eigenvalue weighted by Gasteiger charge is -2.32. The molecule has 0 fully saturated rings. The van der Waals surface area contributed by atoms with E-state index in [1.54, 1.807) is 19.2 Å². The zero-order chi connectivity index (χ0) is 24.5. The monoisotopic (exact) mass is 493 g/mol. The molecule has 0 unspecified atom stereocenters. The molecule has 0 heterocycles. The van der Waals surface area contributed by atoms with Crippen molar-refractivity contribution in [3.63, 3.8) is 0 Å². The third kappa shape index (κ3) is 7.81. The number of unbranched alkanes of at least 4 members (excludes halogenated alkanes) is 2. The first-order valence-corrected chi connectivity index (χ1v) is 13.1. The number of ether oxygens (including phenoxy) is 1. The van der Waals surface area contributed by atoms with E-state index in [9.17, 15) is 23.6 Å². The molecule has 190 valence electrons. The molecule has 1 N–H and O–H groups in total. The zero-order valence-electron chi connectivity index (χ0n) is 19.7. The highest BCUT2D eigenvalue weighted by atomic mass is 32.2. The van der Waals surface area contributed by atoms with E-state index in [-0.39, 0.29) is 36.8 Å². The lowest BCUT2D eigenvalue weighted by Crippen LogP contribution is -2.34. The van der Waals surface area contributed by atoms with Crippen LogP contribution in [-0.4, -0.2) is 37.9 Å². The molecule has 0 spiro atoms. The highest BCUT2D eigenvalue weighted by molar-refractivity contribution is 7.91. The van der Waals surface area contributed by atoms with Crippen LogP contribution in [0.3, 0.4) is 0 Å². The van der Waals surface area contributed by atoms with Crippen molar-refractivity contribution in [2.75, 3.05) is 19.5 Å². The van der Waals surface area contributed by atoms with E-state index in [0.29, 0.717) is 24.2 Å². The maximum absolute atomic E-state index is 13.6. The molecule has 0 aliphatic carbocycles. The average Bonchev–Trinajstić information content (AvgIpc) is 2.81. The third-order valence-corrected chi connectivity index (χ3v) is 8.16. The van der Waals surface area contributed by atoms with Gasteiger partial charge in [0, 0.05) is 24.2 Å². The van der Waals surface area contributed by atoms with Crippen molar-refractivity contribution in [2.45, 2.75) is 71.1 Å². The van der Waals surface area contributed by atoms with Gasteiger partial charge in [-0.3, -0.25) is 10.1 Å². The minimum atomic E-state index is -3.80. The molecular formula is C26H39NO6S. The fraction of sp³-hybridized carbons (Fsp3) is 0.538. The van der Waals surface area contributed by atoms with Crippen LogP contribution in [0, 0.1) is 15.5 Å². The zero-order valence-corrected chi connectivity index (χ0v) is 20.6. The molecule has 0 aromatic heterocycles. The van der Waals surface area contributed by atoms with Gasteiger partial charge in [0.1, 0.15) is 5.75 Å². The molecule has 0 radical (unpaired) electrons. The number of benzene rings is 2. The molecular weight excluding hydrogens is 454 g/mol. The Bertz CT molecular complexity index is 1010. The smallest absolute Gasteiger partial charge is 0.269 e. The predicted octanol–water partition coefficient (Wildman–Crippen LogP) is 5.96. The average molecular weight is 494 g/mol. The first-order valence-electron chi connectivity index (χ1n) is 11.4. The molecule has 0 saturated heterocycles. The number of aliphatic hydroxyl groups excluding tert-OH is 1. The minimum Gasteiger partial charge on any atom is -0.497 e. The van der Waals surface area contributed by atoms with Gasteiger partial charge in [-0.2, -0.15) is 0 Å². The molecule has 2 aromatic rings. The number of hydrogen-bond acceptors (Lipinski definition) is 6. The maximum atomic E-state index is 13.6. The van der Waals surface area contributed by atoms with Crippen molar-refractivity contribution in [3.05, 3.63) is 63.7 Å². The van der Waals surface area contributed by atoms with E-state index < -0.39 is 20.2 Å². The van der Waals surface area contributed by atoms with Crippen LogP contribution >= 0.6 is 0 Å². The van der Waals surface area contributed by atoms with Gasteiger partial charge in [-0.25, -0.2) is 8.42 Å². The van der Waals surface area contributed by atoms with E-state index in [1.807, 2.05) is 26.0 Å². The predicted molar refractivity (Wildman–Crippen MR) is 136 cm³/mol. The third-order valence-electron chi connectivity index (χ3n) is 6.10. The van der Waals surface area contributed by atoms with Gasteiger partial charge < -0.3 is 9.84 Å². The van der Waals surface area contributed by atoms with Crippen LogP contribution < -0.4 is 4.74 Å². The van der Waals surface area contributed by atoms with Crippen molar-refractivity contribution in [1.29, 1.82) is 0 Å². The SMILES string of the molecule is C.CCCCC(CO)(CCCC)CS(=O)(=O)c1ccc([N+](=O)[O-])cc1Cc1ccc(OC)cc1. The molecule has 2 aromatic carbocycles. The second kappa shape index (κ2) is 13.4. The number of sulfone groups is 1. The van der Waals surface area contributed by atoms with Crippen molar-refractivity contribution in [1.82, 2.24) is 0 Å². The number of nitro groups is 1. The van der Waals surface area contributed by atoms with Crippen LogP contribution in [0.15, 0.2) is 47.4 Å². The fourth-order valence-corrected chi connectivity index (χ4v) is 6.29. The molecule has 0 aliphatic heterocycles. The molecule has 0 aliphatic rings. The van der Waals surface area contributed by atoms with E-state index in [4.69, 9.17) is 4.74 Å². The van der Waals surface area contributed by atoms with Crippen molar-refractivity contribution < 1.29 is 23.2 Å². The summed E-state index contributed by atoms with van der Waals surface area (Å²) < 4.78 is 32.4. The summed E-state index contributed by atoms with van der Waals surface area (Å²) in [5.41, 5.74) is 0.331. The number of methoxy groups -OCH3 is 1. The molecule has 8 heteroatoms. The molecule has 7 nitrogen and oxygen atoms in total. The van der Waals surface area contributed by atoms with E-state index in [0.717, 1.165) is 31.2 Å². The summed E-state index contributed by atoms with van der Waals surface area (Å²) >= 11 is 0. The summed E-state index contributed by atoms with van der Waals surface area (Å²) in [6.45, 7) is 3.88. The molecule has 0 bridgehead atoms. The maximum Gasteiger partial charge on any atom is 0.269 e. The lowest BCUT2D eigenvalue weighted by atomic mass is 9.81. The van der Waals surface area contributed by atoms with Gasteiger partial charge in [0.05, 0.1) is 22.7 Å². The summed E-state index contributed by atoms with van der Waals surface area (Å²) in [6.07, 6.45) is 4.97. The van der Waals surface area contributed by atoms with Crippen LogP contribution in [0.2, 0.25) is 0 Å². The van der Waals surface area contributed by atoms with Gasteiger partial charge in [-0.1, -0.05) is 59.1 Å². The molecule has 2 rings (SSSR count). The first-order chi connectivity index (χ1) is 15.7. The van der Waals surface area contributed by atoms with Gasteiger partial charge in [-0.15, -0.1) is 0 Å². The quantitative estimate of drug-likeness (QED) is 0.257. The second-order valence-corrected chi connectivity index (χ2v) is 10.7. The normalized spacial score (nSPS) is 11.6. The number of nitro benzene ring substituents is 1. The highest BCUT2D eigenvalue weighted by Crippen LogP contribution is 2.36. The highest BCUT2D eigenvalue weighted by Gasteiger charge is 2.36. The van der Waals surface area contributed by atoms with Crippen molar-refractivity contribution in [2.24, 2.45) is 5.41 Å². The van der Waals surface area contributed by atoms with Crippen LogP contribution in [0.5, 0.6) is 5.75 Å². The molecule has 34 heavy (non-hydrogen) atoms. The number of aliphatic hydroxyl groups is 1. The van der Waals surface area contributed by atoms with Crippen LogP contribution in [-0.2, 0) is 16.3 Å². The summed E-state index contributed by atoms with van der Waals surface area (Å²) in [6, 6.07) is 11.1. The van der Waals surface area contributed by atoms with Gasteiger partial charge in [0.25, 0.3) is 5.69 Å². The Labute approximate surface area is 204 Å². The van der Waals surface area contributed by atoms with Gasteiger partial charge in [-0.05, 0) is 48.6 Å². The van der Waals surface area contributed by atoms with Crippen molar-refractivity contribution in [3.8, 4) is 5.75 Å². The number of hydrogen-bond donors (Lipinski definition) is 1. The summed E-state index contributed by atoms with van der Waals surface area (Å²) in [4.78, 5) is 10.9. The van der Waals surface area contributed by atoms with Gasteiger partial charge >= 0.3 is 0 Å². The Morgan fingerprint density at radius 3 is 2.09 bits per heavy atom. The molecule has 0 atom stereocenters. The summed E-state index contributed by atoms with van der Waals surface area (Å²) in [7, 11) is -2.24. The summed E-state index contributed by atoms with van der Waals surface area (Å²) in [5, 5.41) is 21.6. The van der Waals surface area contributed by atoms with E-state index in [2.05, 4.69) is 0 Å². The number of rotatable bonds is 14. The van der Waals surface area contributed by atoms with Crippen molar-refractivity contribution >= 4 is 15.5 Å². The topological polar surface area (TPSA) is 107 Å². The van der Waals surface area contributed by atoms with Gasteiger partial charge in [0.15, 0.2) is 9.84 Å². The van der Waals surface area contributed by atoms with Crippen LogP contribution in [0.25, 0.3) is 0 Å². The Morgan fingerprint density at radius 1 is 1.03 bits per heavy atom. The largest absolute Gasteiger partial charge is 0.497 e. The Morgan fingerprint density at radius 2 is 1.62 bits per heavy atom. The number of nitrogens with zero attached hydrogens (tertiary/aromatic N) is 1. The van der Waals surface area contributed by atoms with Crippen LogP contribution in [0.1, 0.15) is 70.9 Å². The Hall–Kier alpha value is -2.45. The van der Waals surface area contributed by atoms with Crippen LogP contribution in [0.4, 0.5) is 5.69 Å². The standard InChI is InChI=1S/C25H35NO6S.CH4/c1-4-6-14-25(18-27,15-7-5-2)19-33(30,31)24-13-10-22(26(28)29)17-21(24)16-20-8-11-23(32-3)12-9-20;/h8-13,17,27H,4-7,14-16,18-19H2,1-3H3;1H4. The fourth-order valence-electron chi connectivity index (χ4n) is 4.14. The van der Waals surface area contributed by atoms with E-state index >= 15 is 0 Å². The van der Waals surface area contributed by atoms with E-state index in [1.165, 1.54) is 18.2 Å². The second-order valence-electron chi connectivity index (χ2n) is 8.70. The Kier molecular flexibility index (Phi) is 11.7. The lowest BCUT2D eigenvalue weighted by molar-refractivity contribution is -0.385. The number of non-ortho nitro benzene ring substituents is 1. The first kappa shape index (κ1) is 29.6. The molecule has 0 amide bonds. The minimum absolute atomic E-state index is 0. The summed E-state index contributed by atoms with van der Waals surface area (Å²) in [5.74, 6) is 0.495.